The molecule has 1 amide bonds. The smallest absolute Gasteiger partial charge is 0.307 e. The Labute approximate surface area is 133 Å². The van der Waals surface area contributed by atoms with Crippen LogP contribution in [0.2, 0.25) is 0 Å². The van der Waals surface area contributed by atoms with Crippen LogP contribution in [-0.2, 0) is 19.1 Å². The highest BCUT2D eigenvalue weighted by atomic mass is 16.5. The lowest BCUT2D eigenvalue weighted by atomic mass is 10.2. The second-order valence-electron chi connectivity index (χ2n) is 5.49. The highest BCUT2D eigenvalue weighted by molar-refractivity contribution is 5.77. The lowest BCUT2D eigenvalue weighted by molar-refractivity contribution is -0.144. The quantitative estimate of drug-likeness (QED) is 0.569. The van der Waals surface area contributed by atoms with Crippen LogP contribution in [0.5, 0.6) is 0 Å². The second kappa shape index (κ2) is 11.4. The number of hydrogen-bond acceptors (Lipinski definition) is 5. The Morgan fingerprint density at radius 3 is 2.50 bits per heavy atom. The summed E-state index contributed by atoms with van der Waals surface area (Å²) in [5, 5.41) is 0. The van der Waals surface area contributed by atoms with Crippen molar-refractivity contribution in [1.29, 1.82) is 0 Å². The van der Waals surface area contributed by atoms with E-state index in [9.17, 15) is 9.59 Å². The molecule has 0 bridgehead atoms. The van der Waals surface area contributed by atoms with Crippen molar-refractivity contribution in [3.8, 4) is 0 Å². The minimum atomic E-state index is -0.232. The van der Waals surface area contributed by atoms with Crippen LogP contribution in [0.3, 0.4) is 0 Å². The first kappa shape index (κ1) is 18.9. The maximum absolute atomic E-state index is 12.1. The minimum Gasteiger partial charge on any atom is -0.466 e. The molecule has 0 aromatic rings. The molecule has 22 heavy (non-hydrogen) atoms. The number of nitrogens with zero attached hydrogens (tertiary/aromatic N) is 2. The lowest BCUT2D eigenvalue weighted by Gasteiger charge is -2.28. The zero-order chi connectivity index (χ0) is 16.2. The topological polar surface area (TPSA) is 59.1 Å². The third-order valence-electron chi connectivity index (χ3n) is 3.71. The summed E-state index contributed by atoms with van der Waals surface area (Å²) in [6.45, 7) is 9.82. The SMILES string of the molecule is CCCC(=O)N(CCCN1CCOCC1)CCC(=O)OCC. The molecule has 0 unspecified atom stereocenters. The van der Waals surface area contributed by atoms with E-state index in [1.54, 1.807) is 11.8 Å². The van der Waals surface area contributed by atoms with Gasteiger partial charge in [0.25, 0.3) is 0 Å². The minimum absolute atomic E-state index is 0.133. The van der Waals surface area contributed by atoms with Gasteiger partial charge in [0.1, 0.15) is 0 Å². The van der Waals surface area contributed by atoms with Crippen LogP contribution >= 0.6 is 0 Å². The van der Waals surface area contributed by atoms with Crippen LogP contribution in [0.25, 0.3) is 0 Å². The molecule has 1 fully saturated rings. The number of carbonyl (C=O) groups is 2. The van der Waals surface area contributed by atoms with Crippen molar-refractivity contribution in [1.82, 2.24) is 9.80 Å². The maximum atomic E-state index is 12.1. The summed E-state index contributed by atoms with van der Waals surface area (Å²) in [4.78, 5) is 27.8. The first-order chi connectivity index (χ1) is 10.7. The molecule has 1 saturated heterocycles. The van der Waals surface area contributed by atoms with Crippen molar-refractivity contribution in [2.75, 3.05) is 52.5 Å². The molecule has 1 rings (SSSR count). The van der Waals surface area contributed by atoms with Gasteiger partial charge in [-0.25, -0.2) is 0 Å². The highest BCUT2D eigenvalue weighted by Crippen LogP contribution is 2.04. The molecular weight excluding hydrogens is 284 g/mol. The van der Waals surface area contributed by atoms with Gasteiger partial charge in [-0.05, 0) is 19.8 Å². The van der Waals surface area contributed by atoms with Crippen molar-refractivity contribution in [2.45, 2.75) is 39.5 Å². The van der Waals surface area contributed by atoms with Crippen molar-refractivity contribution >= 4 is 11.9 Å². The highest BCUT2D eigenvalue weighted by Gasteiger charge is 2.16. The molecule has 1 heterocycles. The Morgan fingerprint density at radius 2 is 1.86 bits per heavy atom. The normalized spacial score (nSPS) is 15.5. The van der Waals surface area contributed by atoms with Gasteiger partial charge in [0.15, 0.2) is 0 Å². The van der Waals surface area contributed by atoms with E-state index >= 15 is 0 Å². The third kappa shape index (κ3) is 7.75. The number of morpholine rings is 1. The van der Waals surface area contributed by atoms with E-state index in [1.807, 2.05) is 6.92 Å². The van der Waals surface area contributed by atoms with Gasteiger partial charge in [0.05, 0.1) is 26.2 Å². The molecule has 0 atom stereocenters. The fourth-order valence-corrected chi connectivity index (χ4v) is 2.50. The summed E-state index contributed by atoms with van der Waals surface area (Å²) in [6.07, 6.45) is 2.58. The van der Waals surface area contributed by atoms with E-state index in [1.165, 1.54) is 0 Å². The molecule has 0 aromatic carbocycles. The predicted molar refractivity (Wildman–Crippen MR) is 84.6 cm³/mol. The Hall–Kier alpha value is -1.14. The molecule has 6 nitrogen and oxygen atoms in total. The average molecular weight is 314 g/mol. The fourth-order valence-electron chi connectivity index (χ4n) is 2.50. The summed E-state index contributed by atoms with van der Waals surface area (Å²) >= 11 is 0. The van der Waals surface area contributed by atoms with E-state index in [0.717, 1.165) is 45.7 Å². The molecule has 0 radical (unpaired) electrons. The van der Waals surface area contributed by atoms with E-state index in [-0.39, 0.29) is 18.3 Å². The van der Waals surface area contributed by atoms with Gasteiger partial charge in [-0.15, -0.1) is 0 Å². The van der Waals surface area contributed by atoms with Crippen molar-refractivity contribution in [3.63, 3.8) is 0 Å². The van der Waals surface area contributed by atoms with E-state index in [2.05, 4.69) is 4.90 Å². The zero-order valence-electron chi connectivity index (χ0n) is 14.0. The van der Waals surface area contributed by atoms with Crippen molar-refractivity contribution in [2.24, 2.45) is 0 Å². The second-order valence-corrected chi connectivity index (χ2v) is 5.49. The lowest BCUT2D eigenvalue weighted by Crippen LogP contribution is -2.39. The van der Waals surface area contributed by atoms with E-state index in [0.29, 0.717) is 26.1 Å². The molecule has 128 valence electrons. The molecule has 6 heteroatoms. The largest absolute Gasteiger partial charge is 0.466 e. The van der Waals surface area contributed by atoms with Crippen LogP contribution in [0.1, 0.15) is 39.5 Å². The first-order valence-electron chi connectivity index (χ1n) is 8.40. The fraction of sp³-hybridized carbons (Fsp3) is 0.875. The van der Waals surface area contributed by atoms with Crippen molar-refractivity contribution < 1.29 is 19.1 Å². The molecule has 0 saturated carbocycles. The Bertz CT molecular complexity index is 330. The number of esters is 1. The average Bonchev–Trinajstić information content (AvgIpc) is 2.52. The molecule has 0 spiro atoms. The Balaban J connectivity index is 2.33. The van der Waals surface area contributed by atoms with Gasteiger partial charge in [-0.1, -0.05) is 6.92 Å². The molecule has 0 N–H and O–H groups in total. The van der Waals surface area contributed by atoms with Crippen LogP contribution in [0.4, 0.5) is 0 Å². The zero-order valence-corrected chi connectivity index (χ0v) is 14.0. The monoisotopic (exact) mass is 314 g/mol. The van der Waals surface area contributed by atoms with Gasteiger partial charge in [-0.3, -0.25) is 14.5 Å². The molecule has 1 aliphatic heterocycles. The van der Waals surface area contributed by atoms with Crippen LogP contribution < -0.4 is 0 Å². The molecule has 0 aliphatic carbocycles. The Morgan fingerprint density at radius 1 is 1.14 bits per heavy atom. The van der Waals surface area contributed by atoms with E-state index < -0.39 is 0 Å². The molecular formula is C16H30N2O4. The first-order valence-corrected chi connectivity index (χ1v) is 8.40. The van der Waals surface area contributed by atoms with Gasteiger partial charge in [0, 0.05) is 39.1 Å². The van der Waals surface area contributed by atoms with Gasteiger partial charge >= 0.3 is 5.97 Å². The standard InChI is InChI=1S/C16H30N2O4/c1-3-6-15(19)18(10-7-16(20)22-4-2)9-5-8-17-11-13-21-14-12-17/h3-14H2,1-2H3. The van der Waals surface area contributed by atoms with E-state index in [4.69, 9.17) is 9.47 Å². The van der Waals surface area contributed by atoms with Gasteiger partial charge in [0.2, 0.25) is 5.91 Å². The number of ether oxygens (including phenoxy) is 2. The Kier molecular flexibility index (Phi) is 9.82. The summed E-state index contributed by atoms with van der Waals surface area (Å²) < 4.78 is 10.3. The molecule has 1 aliphatic rings. The summed E-state index contributed by atoms with van der Waals surface area (Å²) in [6, 6.07) is 0. The van der Waals surface area contributed by atoms with Crippen LogP contribution in [0.15, 0.2) is 0 Å². The maximum Gasteiger partial charge on any atom is 0.307 e. The van der Waals surface area contributed by atoms with Crippen LogP contribution in [0, 0.1) is 0 Å². The summed E-state index contributed by atoms with van der Waals surface area (Å²) in [7, 11) is 0. The molecule has 0 aromatic heterocycles. The predicted octanol–water partition coefficient (Wildman–Crippen LogP) is 1.29. The third-order valence-corrected chi connectivity index (χ3v) is 3.71. The summed E-state index contributed by atoms with van der Waals surface area (Å²) in [5.74, 6) is -0.0984. The number of hydrogen-bond donors (Lipinski definition) is 0. The summed E-state index contributed by atoms with van der Waals surface area (Å²) in [5.41, 5.74) is 0. The van der Waals surface area contributed by atoms with Crippen molar-refractivity contribution in [3.05, 3.63) is 0 Å². The number of amides is 1. The van der Waals surface area contributed by atoms with Gasteiger partial charge in [-0.2, -0.15) is 0 Å². The van der Waals surface area contributed by atoms with Crippen LogP contribution in [-0.4, -0.2) is 74.2 Å². The number of carbonyl (C=O) groups excluding carboxylic acids is 2. The number of rotatable bonds is 10. The van der Waals surface area contributed by atoms with Gasteiger partial charge < -0.3 is 14.4 Å².